The van der Waals surface area contributed by atoms with Gasteiger partial charge in [0.15, 0.2) is 0 Å². The van der Waals surface area contributed by atoms with Gasteiger partial charge in [-0.2, -0.15) is 0 Å². The maximum absolute atomic E-state index is 11.0. The molecule has 0 aliphatic rings. The lowest BCUT2D eigenvalue weighted by Gasteiger charge is -2.17. The van der Waals surface area contributed by atoms with E-state index < -0.39 is 0 Å². The predicted octanol–water partition coefficient (Wildman–Crippen LogP) is 2.41. The predicted molar refractivity (Wildman–Crippen MR) is 67.6 cm³/mol. The van der Waals surface area contributed by atoms with Crippen LogP contribution >= 0.6 is 0 Å². The van der Waals surface area contributed by atoms with Crippen LogP contribution < -0.4 is 5.32 Å². The normalized spacial score (nSPS) is 11.9. The van der Waals surface area contributed by atoms with Crippen molar-refractivity contribution in [2.45, 2.75) is 65.3 Å². The van der Waals surface area contributed by atoms with Crippen LogP contribution in [0.4, 0.5) is 0 Å². The van der Waals surface area contributed by atoms with Gasteiger partial charge in [0.1, 0.15) is 6.61 Å². The average Bonchev–Trinajstić information content (AvgIpc) is 2.30. The summed E-state index contributed by atoms with van der Waals surface area (Å²) in [5, 5.41) is 2.82. The van der Waals surface area contributed by atoms with Gasteiger partial charge in [-0.1, -0.05) is 39.5 Å². The summed E-state index contributed by atoms with van der Waals surface area (Å²) in [6.45, 7) is 5.70. The second kappa shape index (κ2) is 10.1. The lowest BCUT2D eigenvalue weighted by molar-refractivity contribution is -0.144. The third kappa shape index (κ3) is 9.85. The highest BCUT2D eigenvalue weighted by atomic mass is 16.5. The molecule has 0 aliphatic carbocycles. The summed E-state index contributed by atoms with van der Waals surface area (Å²) < 4.78 is 5.06. The van der Waals surface area contributed by atoms with Crippen LogP contribution in [-0.2, 0) is 14.3 Å². The van der Waals surface area contributed by atoms with Crippen molar-refractivity contribution >= 4 is 11.9 Å². The SMILES string of the molecule is CCCCCC[C@@H](COC(=O)CC)NC(C)=O. The van der Waals surface area contributed by atoms with Crippen molar-refractivity contribution in [3.63, 3.8) is 0 Å². The maximum Gasteiger partial charge on any atom is 0.305 e. The Labute approximate surface area is 104 Å². The number of amides is 1. The highest BCUT2D eigenvalue weighted by molar-refractivity contribution is 5.73. The lowest BCUT2D eigenvalue weighted by Crippen LogP contribution is -2.37. The minimum absolute atomic E-state index is 0.0418. The first-order valence-corrected chi connectivity index (χ1v) is 6.52. The fraction of sp³-hybridized carbons (Fsp3) is 0.846. The van der Waals surface area contributed by atoms with E-state index in [0.717, 1.165) is 19.3 Å². The Hall–Kier alpha value is -1.06. The smallest absolute Gasteiger partial charge is 0.305 e. The van der Waals surface area contributed by atoms with E-state index >= 15 is 0 Å². The molecule has 0 saturated heterocycles. The summed E-state index contributed by atoms with van der Waals surface area (Å²) >= 11 is 0. The van der Waals surface area contributed by atoms with Crippen LogP contribution in [0.15, 0.2) is 0 Å². The molecule has 1 N–H and O–H groups in total. The van der Waals surface area contributed by atoms with Crippen LogP contribution in [0.1, 0.15) is 59.3 Å². The zero-order chi connectivity index (χ0) is 13.1. The molecule has 0 saturated carbocycles. The Bertz CT molecular complexity index is 229. The number of carbonyl (C=O) groups is 2. The number of rotatable bonds is 9. The van der Waals surface area contributed by atoms with Crippen LogP contribution in [0.5, 0.6) is 0 Å². The Balaban J connectivity index is 3.87. The lowest BCUT2D eigenvalue weighted by atomic mass is 10.1. The standard InChI is InChI=1S/C13H25NO3/c1-4-6-7-8-9-12(14-11(3)15)10-17-13(16)5-2/h12H,4-10H2,1-3H3,(H,14,15)/t12-/m0/s1. The highest BCUT2D eigenvalue weighted by Gasteiger charge is 2.11. The molecule has 100 valence electrons. The van der Waals surface area contributed by atoms with E-state index in [2.05, 4.69) is 12.2 Å². The topological polar surface area (TPSA) is 55.4 Å². The molecule has 0 aromatic rings. The van der Waals surface area contributed by atoms with Crippen LogP contribution in [0.2, 0.25) is 0 Å². The number of unbranched alkanes of at least 4 members (excludes halogenated alkanes) is 3. The van der Waals surface area contributed by atoms with E-state index in [1.165, 1.54) is 19.8 Å². The highest BCUT2D eigenvalue weighted by Crippen LogP contribution is 2.06. The van der Waals surface area contributed by atoms with E-state index in [1.807, 2.05) is 0 Å². The van der Waals surface area contributed by atoms with Gasteiger partial charge in [-0.25, -0.2) is 0 Å². The van der Waals surface area contributed by atoms with Crippen molar-refractivity contribution in [1.82, 2.24) is 5.32 Å². The number of esters is 1. The molecule has 0 bridgehead atoms. The van der Waals surface area contributed by atoms with E-state index in [0.29, 0.717) is 13.0 Å². The number of carbonyl (C=O) groups excluding carboxylic acids is 2. The van der Waals surface area contributed by atoms with Gasteiger partial charge in [-0.05, 0) is 6.42 Å². The summed E-state index contributed by atoms with van der Waals surface area (Å²) in [6, 6.07) is -0.0418. The Morgan fingerprint density at radius 2 is 1.88 bits per heavy atom. The number of nitrogens with one attached hydrogen (secondary N) is 1. The fourth-order valence-electron chi connectivity index (χ4n) is 1.60. The van der Waals surface area contributed by atoms with Crippen molar-refractivity contribution in [1.29, 1.82) is 0 Å². The first-order chi connectivity index (χ1) is 8.10. The molecule has 1 atom stereocenters. The summed E-state index contributed by atoms with van der Waals surface area (Å²) in [5.74, 6) is -0.285. The summed E-state index contributed by atoms with van der Waals surface area (Å²) in [7, 11) is 0. The largest absolute Gasteiger partial charge is 0.463 e. The molecule has 0 aliphatic heterocycles. The number of hydrogen-bond acceptors (Lipinski definition) is 3. The first kappa shape index (κ1) is 15.9. The van der Waals surface area contributed by atoms with Gasteiger partial charge in [-0.15, -0.1) is 0 Å². The zero-order valence-corrected chi connectivity index (χ0v) is 11.3. The molecule has 0 radical (unpaired) electrons. The maximum atomic E-state index is 11.0. The van der Waals surface area contributed by atoms with Crippen molar-refractivity contribution in [2.75, 3.05) is 6.61 Å². The van der Waals surface area contributed by atoms with Crippen molar-refractivity contribution < 1.29 is 14.3 Å². The summed E-state index contributed by atoms with van der Waals surface area (Å²) in [6.07, 6.45) is 5.87. The second-order valence-corrected chi connectivity index (χ2v) is 4.28. The molecule has 0 rings (SSSR count). The van der Waals surface area contributed by atoms with Crippen molar-refractivity contribution in [3.8, 4) is 0 Å². The molecule has 0 unspecified atom stereocenters. The van der Waals surface area contributed by atoms with E-state index in [-0.39, 0.29) is 17.9 Å². The van der Waals surface area contributed by atoms with Gasteiger partial charge >= 0.3 is 5.97 Å². The molecule has 17 heavy (non-hydrogen) atoms. The molecule has 4 heteroatoms. The fourth-order valence-corrected chi connectivity index (χ4v) is 1.60. The molecule has 0 spiro atoms. The summed E-state index contributed by atoms with van der Waals surface area (Å²) in [5.41, 5.74) is 0. The van der Waals surface area contributed by atoms with Crippen LogP contribution in [-0.4, -0.2) is 24.5 Å². The minimum atomic E-state index is -0.214. The third-order valence-corrected chi connectivity index (χ3v) is 2.55. The first-order valence-electron chi connectivity index (χ1n) is 6.52. The van der Waals surface area contributed by atoms with Crippen LogP contribution in [0.25, 0.3) is 0 Å². The molecule has 4 nitrogen and oxygen atoms in total. The molecule has 0 aromatic heterocycles. The molecular formula is C13H25NO3. The Kier molecular flexibility index (Phi) is 9.49. The quantitative estimate of drug-likeness (QED) is 0.500. The average molecular weight is 243 g/mol. The second-order valence-electron chi connectivity index (χ2n) is 4.28. The van der Waals surface area contributed by atoms with E-state index in [9.17, 15) is 9.59 Å². The van der Waals surface area contributed by atoms with E-state index in [4.69, 9.17) is 4.74 Å². The monoisotopic (exact) mass is 243 g/mol. The van der Waals surface area contributed by atoms with Gasteiger partial charge < -0.3 is 10.1 Å². The van der Waals surface area contributed by atoms with Crippen molar-refractivity contribution in [2.24, 2.45) is 0 Å². The van der Waals surface area contributed by atoms with Gasteiger partial charge in [0.2, 0.25) is 5.91 Å². The zero-order valence-electron chi connectivity index (χ0n) is 11.3. The summed E-state index contributed by atoms with van der Waals surface area (Å²) in [4.78, 5) is 22.0. The number of hydrogen-bond donors (Lipinski definition) is 1. The molecule has 0 fully saturated rings. The molecule has 0 heterocycles. The number of ether oxygens (including phenoxy) is 1. The molecule has 0 aromatic carbocycles. The molecular weight excluding hydrogens is 218 g/mol. The van der Waals surface area contributed by atoms with Crippen molar-refractivity contribution in [3.05, 3.63) is 0 Å². The molecule has 1 amide bonds. The van der Waals surface area contributed by atoms with Gasteiger partial charge in [0, 0.05) is 13.3 Å². The van der Waals surface area contributed by atoms with Crippen LogP contribution in [0, 0.1) is 0 Å². The third-order valence-electron chi connectivity index (χ3n) is 2.55. The van der Waals surface area contributed by atoms with Gasteiger partial charge in [0.05, 0.1) is 6.04 Å². The Morgan fingerprint density at radius 3 is 2.41 bits per heavy atom. The van der Waals surface area contributed by atoms with Gasteiger partial charge in [-0.3, -0.25) is 9.59 Å². The minimum Gasteiger partial charge on any atom is -0.463 e. The van der Waals surface area contributed by atoms with E-state index in [1.54, 1.807) is 6.92 Å². The van der Waals surface area contributed by atoms with Gasteiger partial charge in [0.25, 0.3) is 0 Å². The van der Waals surface area contributed by atoms with Crippen LogP contribution in [0.3, 0.4) is 0 Å². The Morgan fingerprint density at radius 1 is 1.18 bits per heavy atom.